The van der Waals surface area contributed by atoms with Crippen molar-refractivity contribution < 1.29 is 18.0 Å². The van der Waals surface area contributed by atoms with Crippen molar-refractivity contribution in [3.8, 4) is 0 Å². The van der Waals surface area contributed by atoms with Gasteiger partial charge in [-0.1, -0.05) is 0 Å². The monoisotopic (exact) mass is 424 g/mol. The van der Waals surface area contributed by atoms with E-state index in [-0.39, 0.29) is 17.9 Å². The summed E-state index contributed by atoms with van der Waals surface area (Å²) >= 11 is 0. The molecule has 0 spiro atoms. The zero-order valence-corrected chi connectivity index (χ0v) is 18.9. The Balaban J connectivity index is 2.13. The predicted octanol–water partition coefficient (Wildman–Crippen LogP) is 1.38. The first-order chi connectivity index (χ1) is 13.4. The SMILES string of the molecule is CC(C)N(C)CC(=O)N(C)c1ccc(N2CCCC(N(C)S(C)(=O)=O)C2=O)cc1. The van der Waals surface area contributed by atoms with Crippen LogP contribution in [0.5, 0.6) is 0 Å². The zero-order chi connectivity index (χ0) is 21.9. The fraction of sp³-hybridized carbons (Fsp3) is 0.600. The van der Waals surface area contributed by atoms with Gasteiger partial charge in [-0.25, -0.2) is 8.42 Å². The molecule has 1 saturated heterocycles. The van der Waals surface area contributed by atoms with Crippen LogP contribution in [-0.4, -0.2) is 82.0 Å². The van der Waals surface area contributed by atoms with E-state index in [0.717, 1.165) is 22.7 Å². The summed E-state index contributed by atoms with van der Waals surface area (Å²) in [6.45, 7) is 4.93. The molecule has 0 saturated carbocycles. The van der Waals surface area contributed by atoms with E-state index in [1.807, 2.05) is 25.8 Å². The molecule has 29 heavy (non-hydrogen) atoms. The molecule has 1 atom stereocenters. The second-order valence-corrected chi connectivity index (χ2v) is 9.95. The third-order valence-corrected chi connectivity index (χ3v) is 6.86. The van der Waals surface area contributed by atoms with Crippen LogP contribution >= 0.6 is 0 Å². The lowest BCUT2D eigenvalue weighted by atomic mass is 10.0. The van der Waals surface area contributed by atoms with Gasteiger partial charge in [0.05, 0.1) is 12.8 Å². The summed E-state index contributed by atoms with van der Waals surface area (Å²) in [5.74, 6) is -0.238. The van der Waals surface area contributed by atoms with Gasteiger partial charge in [-0.05, 0) is 58.0 Å². The number of nitrogens with zero attached hydrogens (tertiary/aromatic N) is 4. The molecule has 1 aliphatic heterocycles. The summed E-state index contributed by atoms with van der Waals surface area (Å²) in [5, 5.41) is 0. The summed E-state index contributed by atoms with van der Waals surface area (Å²) in [4.78, 5) is 30.5. The van der Waals surface area contributed by atoms with Crippen molar-refractivity contribution in [2.45, 2.75) is 38.8 Å². The molecule has 1 aliphatic rings. The molecule has 0 N–H and O–H groups in total. The molecule has 0 bridgehead atoms. The highest BCUT2D eigenvalue weighted by Gasteiger charge is 2.35. The lowest BCUT2D eigenvalue weighted by molar-refractivity contribution is -0.123. The summed E-state index contributed by atoms with van der Waals surface area (Å²) in [5.41, 5.74) is 1.44. The van der Waals surface area contributed by atoms with Crippen LogP contribution in [0.3, 0.4) is 0 Å². The highest BCUT2D eigenvalue weighted by molar-refractivity contribution is 7.88. The minimum atomic E-state index is -3.45. The summed E-state index contributed by atoms with van der Waals surface area (Å²) in [7, 11) is 1.64. The van der Waals surface area contributed by atoms with Crippen LogP contribution < -0.4 is 9.80 Å². The minimum Gasteiger partial charge on any atom is -0.314 e. The molecule has 1 heterocycles. The average molecular weight is 425 g/mol. The van der Waals surface area contributed by atoms with E-state index in [1.54, 1.807) is 41.1 Å². The van der Waals surface area contributed by atoms with Gasteiger partial charge in [0.15, 0.2) is 0 Å². The highest BCUT2D eigenvalue weighted by Crippen LogP contribution is 2.26. The Morgan fingerprint density at radius 3 is 2.28 bits per heavy atom. The van der Waals surface area contributed by atoms with E-state index in [1.165, 1.54) is 7.05 Å². The number of benzene rings is 1. The Bertz CT molecular complexity index is 839. The van der Waals surface area contributed by atoms with Gasteiger partial charge in [-0.15, -0.1) is 0 Å². The molecule has 2 amide bonds. The summed E-state index contributed by atoms with van der Waals surface area (Å²) < 4.78 is 24.8. The second kappa shape index (κ2) is 9.23. The third-order valence-electron chi connectivity index (χ3n) is 5.56. The van der Waals surface area contributed by atoms with Gasteiger partial charge in [0.2, 0.25) is 21.8 Å². The van der Waals surface area contributed by atoms with Crippen LogP contribution in [0.15, 0.2) is 24.3 Å². The van der Waals surface area contributed by atoms with Crippen molar-refractivity contribution in [2.24, 2.45) is 0 Å². The maximum Gasteiger partial charge on any atom is 0.245 e. The molecule has 9 heteroatoms. The first-order valence-electron chi connectivity index (χ1n) is 9.74. The number of carbonyl (C=O) groups is 2. The fourth-order valence-corrected chi connectivity index (χ4v) is 3.84. The van der Waals surface area contributed by atoms with Crippen molar-refractivity contribution in [3.63, 3.8) is 0 Å². The van der Waals surface area contributed by atoms with Gasteiger partial charge < -0.3 is 9.80 Å². The number of likely N-dealkylation sites (N-methyl/N-ethyl adjacent to an activating group) is 3. The van der Waals surface area contributed by atoms with Crippen molar-refractivity contribution in [1.82, 2.24) is 9.21 Å². The van der Waals surface area contributed by atoms with E-state index in [9.17, 15) is 18.0 Å². The smallest absolute Gasteiger partial charge is 0.245 e. The topological polar surface area (TPSA) is 81.2 Å². The second-order valence-electron chi connectivity index (χ2n) is 7.91. The van der Waals surface area contributed by atoms with Gasteiger partial charge in [0, 0.05) is 38.1 Å². The zero-order valence-electron chi connectivity index (χ0n) is 18.1. The maximum absolute atomic E-state index is 12.9. The largest absolute Gasteiger partial charge is 0.314 e. The molecule has 0 radical (unpaired) electrons. The molecule has 1 unspecified atom stereocenters. The average Bonchev–Trinajstić information content (AvgIpc) is 2.66. The first-order valence-corrected chi connectivity index (χ1v) is 11.6. The van der Waals surface area contributed by atoms with Gasteiger partial charge in [-0.3, -0.25) is 14.5 Å². The number of rotatable bonds is 7. The normalized spacial score (nSPS) is 18.0. The molecular formula is C20H32N4O4S. The Hall–Kier alpha value is -1.97. The molecular weight excluding hydrogens is 392 g/mol. The van der Waals surface area contributed by atoms with Crippen molar-refractivity contribution in [1.29, 1.82) is 0 Å². The molecule has 162 valence electrons. The highest BCUT2D eigenvalue weighted by atomic mass is 32.2. The van der Waals surface area contributed by atoms with Crippen LogP contribution in [0.4, 0.5) is 11.4 Å². The number of anilines is 2. The maximum atomic E-state index is 12.9. The molecule has 0 aliphatic carbocycles. The minimum absolute atomic E-state index is 0.0159. The summed E-state index contributed by atoms with van der Waals surface area (Å²) in [6.07, 6.45) is 2.34. The summed E-state index contributed by atoms with van der Waals surface area (Å²) in [6, 6.07) is 6.80. The lowest BCUT2D eigenvalue weighted by Crippen LogP contribution is -2.52. The lowest BCUT2D eigenvalue weighted by Gasteiger charge is -2.36. The van der Waals surface area contributed by atoms with E-state index in [4.69, 9.17) is 0 Å². The van der Waals surface area contributed by atoms with Gasteiger partial charge in [-0.2, -0.15) is 4.31 Å². The quantitative estimate of drug-likeness (QED) is 0.661. The fourth-order valence-electron chi connectivity index (χ4n) is 3.18. The van der Waals surface area contributed by atoms with Gasteiger partial charge in [0.25, 0.3) is 0 Å². The van der Waals surface area contributed by atoms with Gasteiger partial charge in [0.1, 0.15) is 6.04 Å². The van der Waals surface area contributed by atoms with Crippen molar-refractivity contribution >= 4 is 33.2 Å². The van der Waals surface area contributed by atoms with Gasteiger partial charge >= 0.3 is 0 Å². The van der Waals surface area contributed by atoms with Crippen LogP contribution in [0.1, 0.15) is 26.7 Å². The number of hydrogen-bond donors (Lipinski definition) is 0. The van der Waals surface area contributed by atoms with E-state index >= 15 is 0 Å². The molecule has 8 nitrogen and oxygen atoms in total. The van der Waals surface area contributed by atoms with E-state index in [2.05, 4.69) is 0 Å². The number of hydrogen-bond acceptors (Lipinski definition) is 5. The van der Waals surface area contributed by atoms with Crippen molar-refractivity contribution in [2.75, 3.05) is 50.3 Å². The van der Waals surface area contributed by atoms with E-state index < -0.39 is 16.1 Å². The Kier molecular flexibility index (Phi) is 7.42. The standard InChI is InChI=1S/C20H32N4O4S/c1-15(2)21(3)14-19(25)22(4)16-9-11-17(12-10-16)24-13-7-8-18(20(24)26)23(5)29(6,27)28/h9-12,15,18H,7-8,13-14H2,1-6H3. The number of amides is 2. The number of carbonyl (C=O) groups excluding carboxylic acids is 2. The van der Waals surface area contributed by atoms with Crippen LogP contribution in [0.2, 0.25) is 0 Å². The van der Waals surface area contributed by atoms with E-state index in [0.29, 0.717) is 25.2 Å². The molecule has 1 fully saturated rings. The van der Waals surface area contributed by atoms with Crippen molar-refractivity contribution in [3.05, 3.63) is 24.3 Å². The molecule has 0 aromatic heterocycles. The number of sulfonamides is 1. The molecule has 2 rings (SSSR count). The van der Waals surface area contributed by atoms with Crippen LogP contribution in [-0.2, 0) is 19.6 Å². The molecule has 1 aromatic rings. The number of piperidine rings is 1. The van der Waals surface area contributed by atoms with Crippen LogP contribution in [0, 0.1) is 0 Å². The third kappa shape index (κ3) is 5.55. The molecule has 1 aromatic carbocycles. The van der Waals surface area contributed by atoms with Crippen LogP contribution in [0.25, 0.3) is 0 Å². The Labute approximate surface area is 174 Å². The Morgan fingerprint density at radius 2 is 1.76 bits per heavy atom. The first kappa shape index (κ1) is 23.3. The Morgan fingerprint density at radius 1 is 1.17 bits per heavy atom. The predicted molar refractivity (Wildman–Crippen MR) is 116 cm³/mol.